The molecule has 2 rings (SSSR count). The van der Waals surface area contributed by atoms with Crippen LogP contribution in [0.4, 0.5) is 4.39 Å². The minimum atomic E-state index is -0.288. The average molecular weight is 279 g/mol. The highest BCUT2D eigenvalue weighted by molar-refractivity contribution is 6.29. The van der Waals surface area contributed by atoms with Gasteiger partial charge in [0.25, 0.3) is 0 Å². The molecule has 0 atom stereocenters. The maximum atomic E-state index is 13.4. The number of aryl methyl sites for hydroxylation is 1. The molecule has 2 nitrogen and oxygen atoms in total. The van der Waals surface area contributed by atoms with Crippen LogP contribution in [-0.2, 0) is 6.42 Å². The van der Waals surface area contributed by atoms with Gasteiger partial charge in [0, 0.05) is 11.3 Å². The van der Waals surface area contributed by atoms with E-state index in [4.69, 9.17) is 11.6 Å². The lowest BCUT2D eigenvalue weighted by atomic mass is 10.1. The summed E-state index contributed by atoms with van der Waals surface area (Å²) in [7, 11) is 0. The molecule has 4 heteroatoms. The largest absolute Gasteiger partial charge is 0.233 e. The fourth-order valence-electron chi connectivity index (χ4n) is 1.98. The van der Waals surface area contributed by atoms with E-state index in [0.29, 0.717) is 22.5 Å². The molecular weight excluding hydrogens is 263 g/mol. The van der Waals surface area contributed by atoms with E-state index < -0.39 is 0 Å². The summed E-state index contributed by atoms with van der Waals surface area (Å²) in [5.41, 5.74) is 2.38. The zero-order chi connectivity index (χ0) is 14.0. The third kappa shape index (κ3) is 3.74. The molecule has 19 heavy (non-hydrogen) atoms. The van der Waals surface area contributed by atoms with E-state index in [9.17, 15) is 4.39 Å². The molecule has 0 saturated carbocycles. The quantitative estimate of drug-likeness (QED) is 0.776. The first-order valence-electron chi connectivity index (χ1n) is 6.25. The van der Waals surface area contributed by atoms with Gasteiger partial charge in [0.05, 0.1) is 0 Å². The molecule has 0 amide bonds. The molecule has 0 radical (unpaired) electrons. The van der Waals surface area contributed by atoms with Crippen LogP contribution in [0.1, 0.15) is 25.1 Å². The van der Waals surface area contributed by atoms with E-state index in [0.717, 1.165) is 17.7 Å². The average Bonchev–Trinajstić information content (AvgIpc) is 2.25. The van der Waals surface area contributed by atoms with Crippen LogP contribution in [0.2, 0.25) is 5.15 Å². The normalized spacial score (nSPS) is 11.1. The lowest BCUT2D eigenvalue weighted by Gasteiger charge is -2.08. The van der Waals surface area contributed by atoms with Gasteiger partial charge in [-0.15, -0.1) is 0 Å². The van der Waals surface area contributed by atoms with Crippen LogP contribution >= 0.6 is 11.6 Å². The van der Waals surface area contributed by atoms with E-state index in [2.05, 4.69) is 23.8 Å². The van der Waals surface area contributed by atoms with Crippen LogP contribution < -0.4 is 0 Å². The first-order chi connectivity index (χ1) is 8.94. The Morgan fingerprint density at radius 3 is 2.53 bits per heavy atom. The molecule has 0 N–H and O–H groups in total. The first kappa shape index (κ1) is 13.9. The number of hydrogen-bond acceptors (Lipinski definition) is 2. The fraction of sp³-hybridized carbons (Fsp3) is 0.333. The molecule has 2 aromatic rings. The number of rotatable bonds is 3. The summed E-state index contributed by atoms with van der Waals surface area (Å²) in [5.74, 6) is 0.669. The maximum absolute atomic E-state index is 13.4. The molecule has 0 bridgehead atoms. The summed E-state index contributed by atoms with van der Waals surface area (Å²) in [6.45, 7) is 6.07. The predicted molar refractivity (Wildman–Crippen MR) is 75.7 cm³/mol. The zero-order valence-electron chi connectivity index (χ0n) is 11.2. The van der Waals surface area contributed by atoms with E-state index >= 15 is 0 Å². The van der Waals surface area contributed by atoms with Crippen molar-refractivity contribution in [3.8, 4) is 11.4 Å². The molecular formula is C15H16ClFN2. The molecule has 100 valence electrons. The molecule has 0 aliphatic rings. The SMILES string of the molecule is Cc1cc(F)cc(-c2nc(Cl)cc(CC(C)C)n2)c1. The summed E-state index contributed by atoms with van der Waals surface area (Å²) in [6.07, 6.45) is 0.823. The van der Waals surface area contributed by atoms with Gasteiger partial charge in [-0.3, -0.25) is 0 Å². The van der Waals surface area contributed by atoms with Crippen molar-refractivity contribution >= 4 is 11.6 Å². The summed E-state index contributed by atoms with van der Waals surface area (Å²) in [5, 5.41) is 0.391. The molecule has 0 unspecified atom stereocenters. The van der Waals surface area contributed by atoms with Gasteiger partial charge < -0.3 is 0 Å². The summed E-state index contributed by atoms with van der Waals surface area (Å²) in [4.78, 5) is 8.65. The van der Waals surface area contributed by atoms with E-state index in [1.165, 1.54) is 12.1 Å². The monoisotopic (exact) mass is 278 g/mol. The lowest BCUT2D eigenvalue weighted by Crippen LogP contribution is -2.01. The molecule has 1 heterocycles. The van der Waals surface area contributed by atoms with Crippen molar-refractivity contribution in [2.24, 2.45) is 5.92 Å². The van der Waals surface area contributed by atoms with Crippen LogP contribution in [0.15, 0.2) is 24.3 Å². The second-order valence-corrected chi connectivity index (χ2v) is 5.51. The highest BCUT2D eigenvalue weighted by Crippen LogP contribution is 2.21. The second kappa shape index (κ2) is 5.66. The van der Waals surface area contributed by atoms with Crippen LogP contribution in [0.5, 0.6) is 0 Å². The number of halogens is 2. The van der Waals surface area contributed by atoms with Gasteiger partial charge in [0.15, 0.2) is 5.82 Å². The second-order valence-electron chi connectivity index (χ2n) is 5.12. The Balaban J connectivity index is 2.46. The standard InChI is InChI=1S/C15H16ClFN2/c1-9(2)4-13-8-14(16)19-15(18-13)11-5-10(3)6-12(17)7-11/h5-9H,4H2,1-3H3. The van der Waals surface area contributed by atoms with Gasteiger partial charge in [0.2, 0.25) is 0 Å². The predicted octanol–water partition coefficient (Wildman–Crippen LogP) is 4.44. The third-order valence-corrected chi connectivity index (χ3v) is 2.86. The third-order valence-electron chi connectivity index (χ3n) is 2.67. The van der Waals surface area contributed by atoms with Gasteiger partial charge in [0.1, 0.15) is 11.0 Å². The van der Waals surface area contributed by atoms with E-state index in [-0.39, 0.29) is 5.82 Å². The Morgan fingerprint density at radius 2 is 1.89 bits per heavy atom. The first-order valence-corrected chi connectivity index (χ1v) is 6.63. The molecule has 0 aliphatic heterocycles. The van der Waals surface area contributed by atoms with Crippen LogP contribution in [0, 0.1) is 18.7 Å². The molecule has 0 saturated heterocycles. The minimum Gasteiger partial charge on any atom is -0.233 e. The van der Waals surface area contributed by atoms with E-state index in [1.807, 2.05) is 13.0 Å². The number of hydrogen-bond donors (Lipinski definition) is 0. The Morgan fingerprint density at radius 1 is 1.16 bits per heavy atom. The van der Waals surface area contributed by atoms with Crippen LogP contribution in [0.25, 0.3) is 11.4 Å². The Labute approximate surface area is 117 Å². The number of benzene rings is 1. The number of nitrogens with zero attached hydrogens (tertiary/aromatic N) is 2. The topological polar surface area (TPSA) is 25.8 Å². The van der Waals surface area contributed by atoms with Crippen molar-refractivity contribution in [2.45, 2.75) is 27.2 Å². The van der Waals surface area contributed by atoms with Gasteiger partial charge >= 0.3 is 0 Å². The molecule has 1 aromatic heterocycles. The van der Waals surface area contributed by atoms with Gasteiger partial charge in [-0.2, -0.15) is 0 Å². The molecule has 1 aromatic carbocycles. The zero-order valence-corrected chi connectivity index (χ0v) is 12.0. The summed E-state index contributed by atoms with van der Waals surface area (Å²) in [6, 6.07) is 6.52. The Kier molecular flexibility index (Phi) is 4.15. The van der Waals surface area contributed by atoms with Crippen LogP contribution in [0.3, 0.4) is 0 Å². The van der Waals surface area contributed by atoms with E-state index in [1.54, 1.807) is 6.07 Å². The van der Waals surface area contributed by atoms with Gasteiger partial charge in [-0.05, 0) is 49.1 Å². The molecule has 0 spiro atoms. The highest BCUT2D eigenvalue weighted by Gasteiger charge is 2.09. The highest BCUT2D eigenvalue weighted by atomic mass is 35.5. The van der Waals surface area contributed by atoms with Crippen molar-refractivity contribution in [1.82, 2.24) is 9.97 Å². The Hall–Kier alpha value is -1.48. The minimum absolute atomic E-state index is 0.288. The molecule has 0 fully saturated rings. The lowest BCUT2D eigenvalue weighted by molar-refractivity contribution is 0.626. The van der Waals surface area contributed by atoms with Crippen molar-refractivity contribution < 1.29 is 4.39 Å². The number of aromatic nitrogens is 2. The maximum Gasteiger partial charge on any atom is 0.161 e. The van der Waals surface area contributed by atoms with Crippen molar-refractivity contribution in [3.05, 3.63) is 46.5 Å². The summed E-state index contributed by atoms with van der Waals surface area (Å²) < 4.78 is 13.4. The van der Waals surface area contributed by atoms with Gasteiger partial charge in [-0.1, -0.05) is 25.4 Å². The van der Waals surface area contributed by atoms with Crippen molar-refractivity contribution in [1.29, 1.82) is 0 Å². The summed E-state index contributed by atoms with van der Waals surface area (Å²) >= 11 is 6.02. The Bertz CT molecular complexity index is 576. The van der Waals surface area contributed by atoms with Crippen molar-refractivity contribution in [2.75, 3.05) is 0 Å². The smallest absolute Gasteiger partial charge is 0.161 e. The molecule has 0 aliphatic carbocycles. The van der Waals surface area contributed by atoms with Gasteiger partial charge in [-0.25, -0.2) is 14.4 Å². The van der Waals surface area contributed by atoms with Crippen LogP contribution in [-0.4, -0.2) is 9.97 Å². The fourth-order valence-corrected chi connectivity index (χ4v) is 2.19. The van der Waals surface area contributed by atoms with Crippen molar-refractivity contribution in [3.63, 3.8) is 0 Å².